The molecule has 0 heterocycles. The van der Waals surface area contributed by atoms with Crippen molar-refractivity contribution in [1.29, 1.82) is 0 Å². The highest BCUT2D eigenvalue weighted by atomic mass is 19.1. The number of hydrogen-bond acceptors (Lipinski definition) is 4. The van der Waals surface area contributed by atoms with Crippen molar-refractivity contribution in [3.8, 4) is 11.5 Å². The van der Waals surface area contributed by atoms with Crippen molar-refractivity contribution in [1.82, 2.24) is 10.2 Å². The zero-order valence-electron chi connectivity index (χ0n) is 14.9. The van der Waals surface area contributed by atoms with Crippen LogP contribution in [0.25, 0.3) is 0 Å². The van der Waals surface area contributed by atoms with Gasteiger partial charge in [0.25, 0.3) is 0 Å². The van der Waals surface area contributed by atoms with E-state index >= 15 is 0 Å². The average Bonchev–Trinajstić information content (AvgIpc) is 2.61. The van der Waals surface area contributed by atoms with E-state index in [0.29, 0.717) is 18.0 Å². The lowest BCUT2D eigenvalue weighted by atomic mass is 10.0. The van der Waals surface area contributed by atoms with Gasteiger partial charge in [0.2, 0.25) is 5.91 Å². The summed E-state index contributed by atoms with van der Waals surface area (Å²) in [4.78, 5) is 14.5. The summed E-state index contributed by atoms with van der Waals surface area (Å²) in [7, 11) is 6.74. The van der Waals surface area contributed by atoms with Crippen molar-refractivity contribution in [3.63, 3.8) is 0 Å². The Bertz CT molecular complexity index is 717. The van der Waals surface area contributed by atoms with Crippen LogP contribution in [0.5, 0.6) is 11.5 Å². The highest BCUT2D eigenvalue weighted by Crippen LogP contribution is 2.30. The second-order valence-corrected chi connectivity index (χ2v) is 5.79. The van der Waals surface area contributed by atoms with Gasteiger partial charge in [-0.1, -0.05) is 24.3 Å². The van der Waals surface area contributed by atoms with Gasteiger partial charge in [0.05, 0.1) is 14.2 Å². The molecule has 0 aliphatic rings. The predicted molar refractivity (Wildman–Crippen MR) is 94.2 cm³/mol. The number of carbonyl (C=O) groups excluding carboxylic acids is 1. The molecule has 1 atom stereocenters. The normalized spacial score (nSPS) is 11.9. The largest absolute Gasteiger partial charge is 0.493 e. The first-order valence-electron chi connectivity index (χ1n) is 7.87. The molecule has 0 aliphatic heterocycles. The van der Waals surface area contributed by atoms with Crippen LogP contribution in [0.4, 0.5) is 4.39 Å². The number of methoxy groups -OCH3 is 2. The molecule has 0 saturated carbocycles. The fourth-order valence-electron chi connectivity index (χ4n) is 2.70. The minimum absolute atomic E-state index is 0.179. The smallest absolute Gasteiger partial charge is 0.242 e. The molecule has 25 heavy (non-hydrogen) atoms. The highest BCUT2D eigenvalue weighted by Gasteiger charge is 2.23. The molecule has 2 aromatic rings. The number of ether oxygens (including phenoxy) is 2. The number of halogens is 1. The minimum Gasteiger partial charge on any atom is -0.493 e. The van der Waals surface area contributed by atoms with Crippen LogP contribution in [0.1, 0.15) is 17.2 Å². The Morgan fingerprint density at radius 1 is 1.12 bits per heavy atom. The molecule has 2 aromatic carbocycles. The van der Waals surface area contributed by atoms with E-state index in [2.05, 4.69) is 5.32 Å². The van der Waals surface area contributed by atoms with Crippen molar-refractivity contribution >= 4 is 5.91 Å². The molecule has 6 heteroatoms. The van der Waals surface area contributed by atoms with Crippen molar-refractivity contribution in [2.45, 2.75) is 12.6 Å². The highest BCUT2D eigenvalue weighted by molar-refractivity contribution is 5.83. The Morgan fingerprint density at radius 2 is 1.80 bits per heavy atom. The molecule has 134 valence electrons. The number of hydrogen-bond donors (Lipinski definition) is 1. The first kappa shape index (κ1) is 18.7. The maximum atomic E-state index is 13.1. The number of para-hydroxylation sites is 1. The maximum Gasteiger partial charge on any atom is 0.242 e. The fraction of sp³-hybridized carbons (Fsp3) is 0.316. The van der Waals surface area contributed by atoms with E-state index in [-0.39, 0.29) is 11.7 Å². The van der Waals surface area contributed by atoms with Crippen molar-refractivity contribution < 1.29 is 18.7 Å². The van der Waals surface area contributed by atoms with Gasteiger partial charge in [-0.2, -0.15) is 0 Å². The standard InChI is InChI=1S/C19H23FN2O3/c1-22(2)17(13-8-10-15(20)11-9-13)19(23)21-12-14-6-5-7-16(24-3)18(14)25-4/h5-11,17H,12H2,1-4H3,(H,21,23)/t17-/m0/s1. The van der Waals surface area contributed by atoms with E-state index in [4.69, 9.17) is 9.47 Å². The lowest BCUT2D eigenvalue weighted by molar-refractivity contribution is -0.125. The molecule has 0 radical (unpaired) electrons. The SMILES string of the molecule is COc1cccc(CNC(=O)[C@H](c2ccc(F)cc2)N(C)C)c1OC. The number of nitrogens with zero attached hydrogens (tertiary/aromatic N) is 1. The first-order chi connectivity index (χ1) is 12.0. The molecule has 1 amide bonds. The third kappa shape index (κ3) is 4.48. The lowest BCUT2D eigenvalue weighted by Gasteiger charge is -2.24. The molecular formula is C19H23FN2O3. The van der Waals surface area contributed by atoms with Crippen LogP contribution in [0, 0.1) is 5.82 Å². The molecule has 0 unspecified atom stereocenters. The first-order valence-corrected chi connectivity index (χ1v) is 7.87. The number of benzene rings is 2. The zero-order chi connectivity index (χ0) is 18.4. The van der Waals surface area contributed by atoms with E-state index in [1.54, 1.807) is 51.4 Å². The molecule has 0 spiro atoms. The molecule has 0 aliphatic carbocycles. The topological polar surface area (TPSA) is 50.8 Å². The second-order valence-electron chi connectivity index (χ2n) is 5.79. The van der Waals surface area contributed by atoms with Gasteiger partial charge < -0.3 is 14.8 Å². The summed E-state index contributed by atoms with van der Waals surface area (Å²) in [6.07, 6.45) is 0. The Hall–Kier alpha value is -2.60. The Labute approximate surface area is 147 Å². The zero-order valence-corrected chi connectivity index (χ0v) is 14.9. The van der Waals surface area contributed by atoms with Gasteiger partial charge in [-0.05, 0) is 37.9 Å². The van der Waals surface area contributed by atoms with Gasteiger partial charge in [0.15, 0.2) is 11.5 Å². The number of rotatable bonds is 7. The number of carbonyl (C=O) groups is 1. The fourth-order valence-corrected chi connectivity index (χ4v) is 2.70. The molecule has 5 nitrogen and oxygen atoms in total. The van der Waals surface area contributed by atoms with Gasteiger partial charge in [-0.15, -0.1) is 0 Å². The van der Waals surface area contributed by atoms with Crippen LogP contribution in [0.3, 0.4) is 0 Å². The summed E-state index contributed by atoms with van der Waals surface area (Å²) in [6.45, 7) is 0.296. The van der Waals surface area contributed by atoms with Crippen LogP contribution in [0.15, 0.2) is 42.5 Å². The molecule has 0 bridgehead atoms. The van der Waals surface area contributed by atoms with Crippen molar-refractivity contribution in [2.24, 2.45) is 0 Å². The van der Waals surface area contributed by atoms with Crippen molar-refractivity contribution in [3.05, 3.63) is 59.4 Å². The summed E-state index contributed by atoms with van der Waals surface area (Å²) in [5.74, 6) is 0.690. The van der Waals surface area contributed by atoms with E-state index in [1.807, 2.05) is 12.1 Å². The number of amides is 1. The van der Waals surface area contributed by atoms with Crippen LogP contribution < -0.4 is 14.8 Å². The Kier molecular flexibility index (Phi) is 6.36. The Morgan fingerprint density at radius 3 is 2.36 bits per heavy atom. The lowest BCUT2D eigenvalue weighted by Crippen LogP contribution is -2.36. The van der Waals surface area contributed by atoms with Gasteiger partial charge in [0.1, 0.15) is 11.9 Å². The van der Waals surface area contributed by atoms with E-state index in [0.717, 1.165) is 11.1 Å². The van der Waals surface area contributed by atoms with Crippen LogP contribution >= 0.6 is 0 Å². The summed E-state index contributed by atoms with van der Waals surface area (Å²) in [6, 6.07) is 10.9. The van der Waals surface area contributed by atoms with E-state index in [1.165, 1.54) is 12.1 Å². The molecule has 0 fully saturated rings. The van der Waals surface area contributed by atoms with Gasteiger partial charge in [-0.3, -0.25) is 9.69 Å². The molecule has 0 aromatic heterocycles. The average molecular weight is 346 g/mol. The van der Waals surface area contributed by atoms with Gasteiger partial charge >= 0.3 is 0 Å². The minimum atomic E-state index is -0.516. The van der Waals surface area contributed by atoms with Gasteiger partial charge in [0, 0.05) is 12.1 Å². The maximum absolute atomic E-state index is 13.1. The van der Waals surface area contributed by atoms with Crippen LogP contribution in [-0.4, -0.2) is 39.1 Å². The van der Waals surface area contributed by atoms with Crippen molar-refractivity contribution in [2.75, 3.05) is 28.3 Å². The second kappa shape index (κ2) is 8.48. The van der Waals surface area contributed by atoms with E-state index < -0.39 is 6.04 Å². The summed E-state index contributed by atoms with van der Waals surface area (Å²) in [5.41, 5.74) is 1.54. The summed E-state index contributed by atoms with van der Waals surface area (Å²) < 4.78 is 23.8. The third-order valence-electron chi connectivity index (χ3n) is 3.89. The third-order valence-corrected chi connectivity index (χ3v) is 3.89. The molecule has 2 rings (SSSR count). The summed E-state index contributed by atoms with van der Waals surface area (Å²) >= 11 is 0. The number of nitrogens with one attached hydrogen (secondary N) is 1. The monoisotopic (exact) mass is 346 g/mol. The van der Waals surface area contributed by atoms with E-state index in [9.17, 15) is 9.18 Å². The Balaban J connectivity index is 2.16. The molecule has 1 N–H and O–H groups in total. The summed E-state index contributed by atoms with van der Waals surface area (Å²) in [5, 5.41) is 2.91. The molecular weight excluding hydrogens is 323 g/mol. The quantitative estimate of drug-likeness (QED) is 0.838. The predicted octanol–water partition coefficient (Wildman–Crippen LogP) is 2.76. The molecule has 0 saturated heterocycles. The number of likely N-dealkylation sites (N-methyl/N-ethyl adjacent to an activating group) is 1. The van der Waals surface area contributed by atoms with Crippen LogP contribution in [-0.2, 0) is 11.3 Å². The van der Waals surface area contributed by atoms with Crippen LogP contribution in [0.2, 0.25) is 0 Å². The van der Waals surface area contributed by atoms with Gasteiger partial charge in [-0.25, -0.2) is 4.39 Å².